The lowest BCUT2D eigenvalue weighted by Crippen LogP contribution is -2.44. The Morgan fingerprint density at radius 1 is 1.31 bits per heavy atom. The molecule has 0 aromatic heterocycles. The number of aliphatic hydroxyl groups is 1. The standard InChI is InChI=1S/C13H18O3/c1-13(2)9-15-12(16-11(13)8-14)10-6-4-3-5-7-10/h3-7,11-12,14H,8-9H2,1-2H3/t11-,12+/m0/s1. The summed E-state index contributed by atoms with van der Waals surface area (Å²) in [5.74, 6) is 0. The number of hydrogen-bond donors (Lipinski definition) is 1. The molecule has 0 aliphatic carbocycles. The highest BCUT2D eigenvalue weighted by molar-refractivity contribution is 5.16. The van der Waals surface area contributed by atoms with Crippen LogP contribution in [0.1, 0.15) is 25.7 Å². The van der Waals surface area contributed by atoms with Gasteiger partial charge in [-0.05, 0) is 0 Å². The molecule has 1 N–H and O–H groups in total. The summed E-state index contributed by atoms with van der Waals surface area (Å²) in [5, 5.41) is 9.31. The molecule has 2 atom stereocenters. The highest BCUT2D eigenvalue weighted by Gasteiger charge is 2.38. The predicted octanol–water partition coefficient (Wildman–Crippen LogP) is 2.12. The van der Waals surface area contributed by atoms with E-state index >= 15 is 0 Å². The second-order valence-electron chi connectivity index (χ2n) is 4.85. The summed E-state index contributed by atoms with van der Waals surface area (Å²) < 4.78 is 11.4. The Kier molecular flexibility index (Phi) is 3.28. The van der Waals surface area contributed by atoms with Gasteiger partial charge in [-0.1, -0.05) is 44.2 Å². The molecule has 1 aromatic rings. The van der Waals surface area contributed by atoms with Crippen molar-refractivity contribution < 1.29 is 14.6 Å². The fourth-order valence-electron chi connectivity index (χ4n) is 1.83. The molecule has 3 nitrogen and oxygen atoms in total. The monoisotopic (exact) mass is 222 g/mol. The Morgan fingerprint density at radius 3 is 2.62 bits per heavy atom. The summed E-state index contributed by atoms with van der Waals surface area (Å²) in [6.07, 6.45) is -0.530. The molecule has 16 heavy (non-hydrogen) atoms. The van der Waals surface area contributed by atoms with Gasteiger partial charge in [-0.15, -0.1) is 0 Å². The predicted molar refractivity (Wildman–Crippen MR) is 60.9 cm³/mol. The SMILES string of the molecule is CC1(C)CO[C@@H](c2ccccc2)O[C@H]1CO. The number of benzene rings is 1. The average Bonchev–Trinajstić information content (AvgIpc) is 2.30. The van der Waals surface area contributed by atoms with Gasteiger partial charge in [0.05, 0.1) is 19.3 Å². The fraction of sp³-hybridized carbons (Fsp3) is 0.538. The lowest BCUT2D eigenvalue weighted by Gasteiger charge is -2.41. The summed E-state index contributed by atoms with van der Waals surface area (Å²) in [6.45, 7) is 4.70. The quantitative estimate of drug-likeness (QED) is 0.833. The van der Waals surface area contributed by atoms with Gasteiger partial charge in [0.2, 0.25) is 0 Å². The maximum absolute atomic E-state index is 9.31. The van der Waals surface area contributed by atoms with Crippen molar-refractivity contribution in [2.45, 2.75) is 26.2 Å². The molecule has 1 aliphatic heterocycles. The van der Waals surface area contributed by atoms with Crippen LogP contribution in [-0.2, 0) is 9.47 Å². The molecule has 0 amide bonds. The van der Waals surface area contributed by atoms with Gasteiger partial charge in [-0.2, -0.15) is 0 Å². The van der Waals surface area contributed by atoms with Crippen molar-refractivity contribution in [3.05, 3.63) is 35.9 Å². The van der Waals surface area contributed by atoms with Crippen molar-refractivity contribution in [1.82, 2.24) is 0 Å². The van der Waals surface area contributed by atoms with Crippen LogP contribution in [-0.4, -0.2) is 24.4 Å². The van der Waals surface area contributed by atoms with Gasteiger partial charge < -0.3 is 14.6 Å². The molecule has 1 saturated heterocycles. The lowest BCUT2D eigenvalue weighted by atomic mass is 9.87. The van der Waals surface area contributed by atoms with Crippen LogP contribution < -0.4 is 0 Å². The van der Waals surface area contributed by atoms with Crippen LogP contribution in [0, 0.1) is 5.41 Å². The Bertz CT molecular complexity index is 334. The van der Waals surface area contributed by atoms with Crippen molar-refractivity contribution in [2.24, 2.45) is 5.41 Å². The van der Waals surface area contributed by atoms with E-state index in [2.05, 4.69) is 0 Å². The first-order valence-corrected chi connectivity index (χ1v) is 5.56. The van der Waals surface area contributed by atoms with Crippen LogP contribution in [0.3, 0.4) is 0 Å². The van der Waals surface area contributed by atoms with Crippen molar-refractivity contribution in [3.63, 3.8) is 0 Å². The average molecular weight is 222 g/mol. The van der Waals surface area contributed by atoms with Crippen molar-refractivity contribution >= 4 is 0 Å². The van der Waals surface area contributed by atoms with Crippen molar-refractivity contribution in [3.8, 4) is 0 Å². The normalized spacial score (nSPS) is 28.9. The lowest BCUT2D eigenvalue weighted by molar-refractivity contribution is -0.271. The molecule has 3 heteroatoms. The van der Waals surface area contributed by atoms with E-state index in [9.17, 15) is 5.11 Å². The van der Waals surface area contributed by atoms with E-state index in [1.165, 1.54) is 0 Å². The van der Waals surface area contributed by atoms with Gasteiger partial charge in [0.25, 0.3) is 0 Å². The summed E-state index contributed by atoms with van der Waals surface area (Å²) in [5.41, 5.74) is 0.858. The molecule has 1 aromatic carbocycles. The van der Waals surface area contributed by atoms with Crippen LogP contribution in [0.15, 0.2) is 30.3 Å². The molecule has 0 bridgehead atoms. The highest BCUT2D eigenvalue weighted by Crippen LogP contribution is 2.35. The van der Waals surface area contributed by atoms with Crippen molar-refractivity contribution in [2.75, 3.05) is 13.2 Å². The van der Waals surface area contributed by atoms with Crippen LogP contribution in [0.5, 0.6) is 0 Å². The van der Waals surface area contributed by atoms with Gasteiger partial charge in [-0.25, -0.2) is 0 Å². The molecule has 1 heterocycles. The second kappa shape index (κ2) is 4.53. The summed E-state index contributed by atoms with van der Waals surface area (Å²) in [6, 6.07) is 9.81. The fourth-order valence-corrected chi connectivity index (χ4v) is 1.83. The van der Waals surface area contributed by atoms with Gasteiger partial charge in [-0.3, -0.25) is 0 Å². The topological polar surface area (TPSA) is 38.7 Å². The van der Waals surface area contributed by atoms with Crippen molar-refractivity contribution in [1.29, 1.82) is 0 Å². The van der Waals surface area contributed by atoms with E-state index in [0.717, 1.165) is 5.56 Å². The number of hydrogen-bond acceptors (Lipinski definition) is 3. The molecule has 0 radical (unpaired) electrons. The highest BCUT2D eigenvalue weighted by atomic mass is 16.7. The van der Waals surface area contributed by atoms with E-state index in [-0.39, 0.29) is 24.4 Å². The van der Waals surface area contributed by atoms with E-state index in [4.69, 9.17) is 9.47 Å². The first-order chi connectivity index (χ1) is 7.63. The molecular formula is C13H18O3. The Labute approximate surface area is 96.0 Å². The third kappa shape index (κ3) is 2.26. The van der Waals surface area contributed by atoms with E-state index < -0.39 is 0 Å². The third-order valence-corrected chi connectivity index (χ3v) is 3.00. The molecule has 0 saturated carbocycles. The first kappa shape index (κ1) is 11.6. The number of aliphatic hydroxyl groups excluding tert-OH is 1. The minimum Gasteiger partial charge on any atom is -0.394 e. The molecule has 1 aliphatic rings. The molecule has 88 valence electrons. The van der Waals surface area contributed by atoms with Gasteiger partial charge in [0.15, 0.2) is 6.29 Å². The van der Waals surface area contributed by atoms with Crippen LogP contribution in [0.2, 0.25) is 0 Å². The van der Waals surface area contributed by atoms with Crippen LogP contribution in [0.25, 0.3) is 0 Å². The maximum Gasteiger partial charge on any atom is 0.184 e. The van der Waals surface area contributed by atoms with Gasteiger partial charge in [0.1, 0.15) is 0 Å². The molecule has 1 fully saturated rings. The zero-order valence-corrected chi connectivity index (χ0v) is 9.72. The minimum atomic E-state index is -0.355. The Balaban J connectivity index is 2.11. The Hall–Kier alpha value is -0.900. The second-order valence-corrected chi connectivity index (χ2v) is 4.85. The van der Waals surface area contributed by atoms with Crippen LogP contribution in [0.4, 0.5) is 0 Å². The summed E-state index contributed by atoms with van der Waals surface area (Å²) in [4.78, 5) is 0. The number of ether oxygens (including phenoxy) is 2. The molecular weight excluding hydrogens is 204 g/mol. The Morgan fingerprint density at radius 2 is 2.00 bits per heavy atom. The van der Waals surface area contributed by atoms with Crippen LogP contribution >= 0.6 is 0 Å². The zero-order chi connectivity index (χ0) is 11.6. The maximum atomic E-state index is 9.31. The smallest absolute Gasteiger partial charge is 0.184 e. The summed E-state index contributed by atoms with van der Waals surface area (Å²) in [7, 11) is 0. The summed E-state index contributed by atoms with van der Waals surface area (Å²) >= 11 is 0. The molecule has 2 rings (SSSR count). The zero-order valence-electron chi connectivity index (χ0n) is 9.72. The van der Waals surface area contributed by atoms with Gasteiger partial charge in [0, 0.05) is 11.0 Å². The third-order valence-electron chi connectivity index (χ3n) is 3.00. The number of rotatable bonds is 2. The molecule has 0 spiro atoms. The van der Waals surface area contributed by atoms with Gasteiger partial charge >= 0.3 is 0 Å². The van der Waals surface area contributed by atoms with E-state index in [1.54, 1.807) is 0 Å². The van der Waals surface area contributed by atoms with E-state index in [1.807, 2.05) is 44.2 Å². The largest absolute Gasteiger partial charge is 0.394 e. The minimum absolute atomic E-state index is 0.0275. The first-order valence-electron chi connectivity index (χ1n) is 5.56. The van der Waals surface area contributed by atoms with E-state index in [0.29, 0.717) is 6.61 Å². The molecule has 0 unspecified atom stereocenters.